The summed E-state index contributed by atoms with van der Waals surface area (Å²) in [6, 6.07) is 0. The van der Waals surface area contributed by atoms with E-state index in [9.17, 15) is 16.8 Å². The maximum Gasteiger partial charge on any atom is 0.265 e. The van der Waals surface area contributed by atoms with Crippen LogP contribution >= 0.6 is 15.9 Å². The molecule has 0 heterocycles. The Morgan fingerprint density at radius 3 is 2.27 bits per heavy atom. The highest BCUT2D eigenvalue weighted by Gasteiger charge is 2.71. The van der Waals surface area contributed by atoms with Gasteiger partial charge in [0.1, 0.15) is 12.2 Å². The van der Waals surface area contributed by atoms with Crippen LogP contribution in [0.1, 0.15) is 72.6 Å². The first-order valence-corrected chi connectivity index (χ1v) is 16.7. The van der Waals surface area contributed by atoms with Crippen LogP contribution in [0.15, 0.2) is 11.6 Å². The fraction of sp³-hybridized carbons (Fsp3) is 0.917. The van der Waals surface area contributed by atoms with E-state index < -0.39 is 32.4 Å². The third-order valence-electron chi connectivity index (χ3n) is 9.76. The predicted molar refractivity (Wildman–Crippen MR) is 133 cm³/mol. The smallest absolute Gasteiger partial charge is 0.263 e. The van der Waals surface area contributed by atoms with Crippen molar-refractivity contribution in [1.29, 1.82) is 0 Å². The van der Waals surface area contributed by atoms with Crippen molar-refractivity contribution in [2.75, 3.05) is 12.5 Å². The lowest BCUT2D eigenvalue weighted by molar-refractivity contribution is -0.112. The van der Waals surface area contributed by atoms with E-state index in [1.165, 1.54) is 0 Å². The molecule has 0 unspecified atom stereocenters. The highest BCUT2D eigenvalue weighted by Crippen LogP contribution is 2.72. The number of hydrogen-bond acceptors (Lipinski definition) is 6. The second kappa shape index (κ2) is 8.29. The van der Waals surface area contributed by atoms with Crippen molar-refractivity contribution >= 4 is 36.2 Å². The van der Waals surface area contributed by atoms with Gasteiger partial charge in [0.05, 0.1) is 12.5 Å². The zero-order valence-electron chi connectivity index (χ0n) is 20.6. The van der Waals surface area contributed by atoms with E-state index in [1.54, 1.807) is 0 Å². The van der Waals surface area contributed by atoms with Crippen LogP contribution in [0.3, 0.4) is 0 Å². The fourth-order valence-electron chi connectivity index (χ4n) is 8.56. The molecule has 0 aromatic heterocycles. The molecule has 0 radical (unpaired) electrons. The van der Waals surface area contributed by atoms with E-state index in [0.29, 0.717) is 11.8 Å². The molecule has 0 N–H and O–H groups in total. The molecule has 6 nitrogen and oxygen atoms in total. The van der Waals surface area contributed by atoms with Gasteiger partial charge in [-0.1, -0.05) is 56.1 Å². The van der Waals surface area contributed by atoms with Gasteiger partial charge in [-0.25, -0.2) is 0 Å². The minimum Gasteiger partial charge on any atom is -0.263 e. The molecular weight excluding hydrogens is 528 g/mol. The average Bonchev–Trinajstić information content (AvgIpc) is 2.93. The molecule has 9 heteroatoms. The van der Waals surface area contributed by atoms with Crippen LogP contribution in [0.5, 0.6) is 0 Å². The van der Waals surface area contributed by atoms with Gasteiger partial charge >= 0.3 is 0 Å². The molecule has 0 aliphatic heterocycles. The Labute approximate surface area is 208 Å². The lowest BCUT2D eigenvalue weighted by Gasteiger charge is -2.66. The topological polar surface area (TPSA) is 86.7 Å². The number of hydrogen-bond donors (Lipinski definition) is 0. The van der Waals surface area contributed by atoms with Crippen LogP contribution in [0.2, 0.25) is 0 Å². The molecule has 4 aliphatic rings. The van der Waals surface area contributed by atoms with Crippen LogP contribution in [0.25, 0.3) is 0 Å². The summed E-state index contributed by atoms with van der Waals surface area (Å²) in [5.74, 6) is 1.09. The SMILES string of the molecule is CC[C@H]1[C@H](C)C[C@H]2[C@@H]3[C@@H](OS(C)(=O)=O)[C@@H](OS(C)(=O)=O)C4=CCCC[C@]4(C)[C@@]3(Br)CC[C@@]21C. The zero-order chi connectivity index (χ0) is 24.6. The average molecular weight is 568 g/mol. The molecule has 0 aromatic carbocycles. The lowest BCUT2D eigenvalue weighted by atomic mass is 9.45. The Bertz CT molecular complexity index is 1040. The third-order valence-corrected chi connectivity index (χ3v) is 12.7. The van der Waals surface area contributed by atoms with E-state index in [0.717, 1.165) is 63.0 Å². The Hall–Kier alpha value is 0.0400. The van der Waals surface area contributed by atoms with Gasteiger partial charge in [-0.15, -0.1) is 0 Å². The number of allylic oxidation sites excluding steroid dienone is 1. The van der Waals surface area contributed by atoms with Crippen molar-refractivity contribution in [3.05, 3.63) is 11.6 Å². The monoisotopic (exact) mass is 566 g/mol. The van der Waals surface area contributed by atoms with Crippen LogP contribution in [-0.4, -0.2) is 45.9 Å². The molecule has 33 heavy (non-hydrogen) atoms. The fourth-order valence-corrected chi connectivity index (χ4v) is 11.0. The minimum atomic E-state index is -3.85. The summed E-state index contributed by atoms with van der Waals surface area (Å²) in [4.78, 5) is 0. The van der Waals surface area contributed by atoms with E-state index in [4.69, 9.17) is 8.37 Å². The quantitative estimate of drug-likeness (QED) is 0.263. The summed E-state index contributed by atoms with van der Waals surface area (Å²) in [6.45, 7) is 9.13. The van der Waals surface area contributed by atoms with E-state index in [-0.39, 0.29) is 27.0 Å². The van der Waals surface area contributed by atoms with Crippen molar-refractivity contribution in [1.82, 2.24) is 0 Å². The van der Waals surface area contributed by atoms with Crippen molar-refractivity contribution < 1.29 is 25.2 Å². The zero-order valence-corrected chi connectivity index (χ0v) is 23.9. The first-order chi connectivity index (χ1) is 15.1. The molecule has 9 atom stereocenters. The maximum absolute atomic E-state index is 12.5. The summed E-state index contributed by atoms with van der Waals surface area (Å²) in [5.41, 5.74) is 0.594. The van der Waals surface area contributed by atoms with Crippen molar-refractivity contribution in [2.24, 2.45) is 34.5 Å². The number of rotatable bonds is 5. The molecule has 0 saturated heterocycles. The van der Waals surface area contributed by atoms with Gasteiger partial charge in [-0.3, -0.25) is 8.37 Å². The van der Waals surface area contributed by atoms with Gasteiger partial charge in [0.15, 0.2) is 0 Å². The molecular formula is C24H39BrO6S2. The maximum atomic E-state index is 12.5. The highest BCUT2D eigenvalue weighted by molar-refractivity contribution is 9.10. The lowest BCUT2D eigenvalue weighted by Crippen LogP contribution is -2.68. The van der Waals surface area contributed by atoms with Gasteiger partial charge in [-0.05, 0) is 67.3 Å². The molecule has 3 saturated carbocycles. The Morgan fingerprint density at radius 2 is 1.70 bits per heavy atom. The van der Waals surface area contributed by atoms with Crippen LogP contribution in [-0.2, 0) is 28.6 Å². The number of alkyl halides is 1. The standard InChI is InChI=1S/C24H39BrO6S2/c1-7-16-15(2)14-18-19-21(31-33(6,28)29)20(30-32(5,26)27)17-10-8-9-11-23(17,4)24(19,25)13-12-22(16,18)3/h10,15-16,18-21H,7-9,11-14H2,1-6H3/t15-,16+,18+,19-,20+,21-,22-,23+,24-/m1/s1. The normalized spacial score (nSPS) is 47.9. The van der Waals surface area contributed by atoms with Gasteiger partial charge in [-0.2, -0.15) is 16.8 Å². The summed E-state index contributed by atoms with van der Waals surface area (Å²) in [5, 5.41) is 0. The van der Waals surface area contributed by atoms with Crippen LogP contribution in [0.4, 0.5) is 0 Å². The molecule has 3 fully saturated rings. The molecule has 0 amide bonds. The van der Waals surface area contributed by atoms with E-state index in [1.807, 2.05) is 0 Å². The molecule has 0 aromatic rings. The van der Waals surface area contributed by atoms with Crippen LogP contribution < -0.4 is 0 Å². The van der Waals surface area contributed by atoms with Gasteiger partial charge < -0.3 is 0 Å². The summed E-state index contributed by atoms with van der Waals surface area (Å²) < 4.78 is 61.0. The van der Waals surface area contributed by atoms with Crippen LogP contribution in [0, 0.1) is 34.5 Å². The molecule has 190 valence electrons. The molecule has 4 aliphatic carbocycles. The molecule has 0 bridgehead atoms. The predicted octanol–water partition coefficient (Wildman–Crippen LogP) is 5.04. The number of fused-ring (bicyclic) bond motifs is 5. The first-order valence-electron chi connectivity index (χ1n) is 12.2. The summed E-state index contributed by atoms with van der Waals surface area (Å²) in [6.07, 6.45) is 9.12. The first kappa shape index (κ1) is 26.1. The second-order valence-corrected chi connectivity index (χ2v) is 16.2. The summed E-state index contributed by atoms with van der Waals surface area (Å²) in [7, 11) is -7.69. The molecule has 4 rings (SSSR count). The van der Waals surface area contributed by atoms with Gasteiger partial charge in [0, 0.05) is 15.7 Å². The Morgan fingerprint density at radius 1 is 1.06 bits per heavy atom. The summed E-state index contributed by atoms with van der Waals surface area (Å²) >= 11 is 4.23. The van der Waals surface area contributed by atoms with Crippen molar-refractivity contribution in [3.63, 3.8) is 0 Å². The van der Waals surface area contributed by atoms with Gasteiger partial charge in [0.25, 0.3) is 20.2 Å². The highest BCUT2D eigenvalue weighted by atomic mass is 79.9. The van der Waals surface area contributed by atoms with E-state index in [2.05, 4.69) is 49.7 Å². The minimum absolute atomic E-state index is 0.0527. The van der Waals surface area contributed by atoms with Gasteiger partial charge in [0.2, 0.25) is 0 Å². The second-order valence-electron chi connectivity index (χ2n) is 11.6. The largest absolute Gasteiger partial charge is 0.265 e. The van der Waals surface area contributed by atoms with Crippen molar-refractivity contribution in [2.45, 2.75) is 89.2 Å². The van der Waals surface area contributed by atoms with Crippen molar-refractivity contribution in [3.8, 4) is 0 Å². The number of halogens is 1. The Balaban J connectivity index is 1.95. The van der Waals surface area contributed by atoms with E-state index >= 15 is 0 Å². The third kappa shape index (κ3) is 4.09. The molecule has 0 spiro atoms. The Kier molecular flexibility index (Phi) is 6.56.